The van der Waals surface area contributed by atoms with Crippen LogP contribution in [0.3, 0.4) is 0 Å². The lowest BCUT2D eigenvalue weighted by Crippen LogP contribution is -2.22. The Bertz CT molecular complexity index is 1250. The molecule has 34 heavy (non-hydrogen) atoms. The number of hydrogen-bond donors (Lipinski definition) is 1. The van der Waals surface area contributed by atoms with Crippen molar-refractivity contribution in [2.75, 3.05) is 0 Å². The van der Waals surface area contributed by atoms with Gasteiger partial charge in [0.1, 0.15) is 11.6 Å². The number of halogens is 2. The highest BCUT2D eigenvalue weighted by Gasteiger charge is 2.16. The van der Waals surface area contributed by atoms with Crippen LogP contribution in [0.1, 0.15) is 29.8 Å². The molecule has 5 nitrogen and oxygen atoms in total. The zero-order valence-corrected chi connectivity index (χ0v) is 20.0. The Morgan fingerprint density at radius 3 is 2.56 bits per heavy atom. The molecule has 1 N–H and O–H groups in total. The summed E-state index contributed by atoms with van der Waals surface area (Å²) >= 11 is 7.71. The van der Waals surface area contributed by atoms with E-state index in [0.717, 1.165) is 22.6 Å². The number of carbonyl (C=O) groups excluding carboxylic acids is 1. The van der Waals surface area contributed by atoms with Gasteiger partial charge >= 0.3 is 0 Å². The first kappa shape index (κ1) is 24.0. The van der Waals surface area contributed by atoms with Gasteiger partial charge in [0.15, 0.2) is 5.16 Å². The number of benzene rings is 3. The second-order valence-corrected chi connectivity index (χ2v) is 9.13. The minimum Gasteiger partial charge on any atom is -0.352 e. The molecule has 0 unspecified atom stereocenters. The van der Waals surface area contributed by atoms with Crippen molar-refractivity contribution >= 4 is 29.3 Å². The maximum absolute atomic E-state index is 13.6. The summed E-state index contributed by atoms with van der Waals surface area (Å²) in [5.74, 6) is 1.04. The van der Waals surface area contributed by atoms with Gasteiger partial charge in [-0.15, -0.1) is 10.2 Å². The minimum atomic E-state index is -0.263. The number of amides is 1. The van der Waals surface area contributed by atoms with E-state index in [2.05, 4.69) is 15.5 Å². The molecule has 0 saturated carbocycles. The van der Waals surface area contributed by atoms with Gasteiger partial charge in [0.05, 0.1) is 5.69 Å². The van der Waals surface area contributed by atoms with Gasteiger partial charge in [0, 0.05) is 30.2 Å². The Balaban J connectivity index is 1.42. The molecule has 0 atom stereocenters. The van der Waals surface area contributed by atoms with Gasteiger partial charge in [-0.25, -0.2) is 4.39 Å². The highest BCUT2D eigenvalue weighted by Crippen LogP contribution is 2.27. The van der Waals surface area contributed by atoms with E-state index in [1.54, 1.807) is 6.07 Å². The van der Waals surface area contributed by atoms with Gasteiger partial charge in [0.2, 0.25) is 5.91 Å². The van der Waals surface area contributed by atoms with Crippen molar-refractivity contribution in [2.45, 2.75) is 36.7 Å². The summed E-state index contributed by atoms with van der Waals surface area (Å²) < 4.78 is 15.5. The van der Waals surface area contributed by atoms with Crippen molar-refractivity contribution in [3.63, 3.8) is 0 Å². The molecule has 1 aromatic heterocycles. The number of carbonyl (C=O) groups is 1. The maximum atomic E-state index is 13.6. The van der Waals surface area contributed by atoms with Gasteiger partial charge in [-0.3, -0.25) is 9.36 Å². The molecule has 0 fully saturated rings. The van der Waals surface area contributed by atoms with Crippen molar-refractivity contribution in [3.05, 3.63) is 107 Å². The molecule has 3 aromatic carbocycles. The van der Waals surface area contributed by atoms with Gasteiger partial charge in [0.25, 0.3) is 0 Å². The van der Waals surface area contributed by atoms with E-state index in [1.165, 1.54) is 23.9 Å². The molecule has 174 valence electrons. The van der Waals surface area contributed by atoms with Crippen LogP contribution < -0.4 is 5.32 Å². The van der Waals surface area contributed by atoms with Crippen LogP contribution in [0.4, 0.5) is 4.39 Å². The molecule has 0 spiro atoms. The van der Waals surface area contributed by atoms with E-state index >= 15 is 0 Å². The normalized spacial score (nSPS) is 10.9. The molecule has 1 heterocycles. The standard InChI is InChI=1S/C26H24ClFN4OS/c27-21-10-5-12-23(16-21)32-24(13-6-14-25(33)29-17-19-7-2-1-3-8-19)30-31-26(32)34-18-20-9-4-11-22(28)15-20/h1-5,7-12,15-16H,6,13-14,17-18H2,(H,29,33). The molecular formula is C26H24ClFN4OS. The third-order valence-corrected chi connectivity index (χ3v) is 6.40. The Hall–Kier alpha value is -3.16. The molecule has 0 bridgehead atoms. The maximum Gasteiger partial charge on any atom is 0.220 e. The fourth-order valence-corrected chi connectivity index (χ4v) is 4.60. The first-order valence-corrected chi connectivity index (χ1v) is 12.3. The van der Waals surface area contributed by atoms with E-state index in [-0.39, 0.29) is 11.7 Å². The van der Waals surface area contributed by atoms with Crippen molar-refractivity contribution in [3.8, 4) is 5.69 Å². The lowest BCUT2D eigenvalue weighted by molar-refractivity contribution is -0.121. The van der Waals surface area contributed by atoms with Gasteiger partial charge in [-0.2, -0.15) is 0 Å². The summed E-state index contributed by atoms with van der Waals surface area (Å²) in [6.45, 7) is 0.513. The van der Waals surface area contributed by atoms with E-state index < -0.39 is 0 Å². The molecule has 0 saturated heterocycles. The average molecular weight is 495 g/mol. The van der Waals surface area contributed by atoms with Crippen LogP contribution in [0.5, 0.6) is 0 Å². The average Bonchev–Trinajstić information content (AvgIpc) is 3.25. The zero-order chi connectivity index (χ0) is 23.8. The number of rotatable bonds is 10. The number of nitrogens with zero attached hydrogens (tertiary/aromatic N) is 3. The largest absolute Gasteiger partial charge is 0.352 e. The van der Waals surface area contributed by atoms with E-state index in [4.69, 9.17) is 11.6 Å². The van der Waals surface area contributed by atoms with Crippen molar-refractivity contribution in [2.24, 2.45) is 0 Å². The second-order valence-electron chi connectivity index (χ2n) is 7.75. The number of hydrogen-bond acceptors (Lipinski definition) is 4. The number of thioether (sulfide) groups is 1. The molecule has 4 rings (SSSR count). The number of nitrogens with one attached hydrogen (secondary N) is 1. The lowest BCUT2D eigenvalue weighted by atomic mass is 10.2. The zero-order valence-electron chi connectivity index (χ0n) is 18.5. The Morgan fingerprint density at radius 1 is 0.971 bits per heavy atom. The summed E-state index contributed by atoms with van der Waals surface area (Å²) in [4.78, 5) is 12.3. The highest BCUT2D eigenvalue weighted by atomic mass is 35.5. The Labute approximate surface area is 207 Å². The fraction of sp³-hybridized carbons (Fsp3) is 0.192. The molecule has 0 aliphatic carbocycles. The second kappa shape index (κ2) is 11.8. The Morgan fingerprint density at radius 2 is 1.76 bits per heavy atom. The quantitative estimate of drug-likeness (QED) is 0.275. The minimum absolute atomic E-state index is 0.00150. The summed E-state index contributed by atoms with van der Waals surface area (Å²) in [5.41, 5.74) is 2.78. The third-order valence-electron chi connectivity index (χ3n) is 5.16. The van der Waals surface area contributed by atoms with Crippen molar-refractivity contribution in [1.29, 1.82) is 0 Å². The predicted molar refractivity (Wildman–Crippen MR) is 134 cm³/mol. The molecular weight excluding hydrogens is 471 g/mol. The van der Waals surface area contributed by atoms with Gasteiger partial charge in [-0.1, -0.05) is 71.9 Å². The molecule has 8 heteroatoms. The van der Waals surface area contributed by atoms with Crippen molar-refractivity contribution < 1.29 is 9.18 Å². The smallest absolute Gasteiger partial charge is 0.220 e. The van der Waals surface area contributed by atoms with Crippen LogP contribution in [0, 0.1) is 5.82 Å². The van der Waals surface area contributed by atoms with Crippen molar-refractivity contribution in [1.82, 2.24) is 20.1 Å². The van der Waals surface area contributed by atoms with E-state index in [0.29, 0.717) is 41.7 Å². The molecule has 0 radical (unpaired) electrons. The highest BCUT2D eigenvalue weighted by molar-refractivity contribution is 7.98. The van der Waals surface area contributed by atoms with Gasteiger partial charge < -0.3 is 5.32 Å². The summed E-state index contributed by atoms with van der Waals surface area (Å²) in [7, 11) is 0. The van der Waals surface area contributed by atoms with E-state index in [9.17, 15) is 9.18 Å². The number of aromatic nitrogens is 3. The van der Waals surface area contributed by atoms with Crippen LogP contribution in [0.15, 0.2) is 84.0 Å². The first-order valence-electron chi connectivity index (χ1n) is 11.0. The van der Waals surface area contributed by atoms with Crippen LogP contribution in [0.2, 0.25) is 5.02 Å². The third kappa shape index (κ3) is 6.68. The lowest BCUT2D eigenvalue weighted by Gasteiger charge is -2.11. The Kier molecular flexibility index (Phi) is 8.33. The first-order chi connectivity index (χ1) is 16.6. The summed E-state index contributed by atoms with van der Waals surface area (Å²) in [6.07, 6.45) is 1.60. The summed E-state index contributed by atoms with van der Waals surface area (Å²) in [5, 5.41) is 13.0. The monoisotopic (exact) mass is 494 g/mol. The summed E-state index contributed by atoms with van der Waals surface area (Å²) in [6, 6.07) is 23.8. The van der Waals surface area contributed by atoms with Gasteiger partial charge in [-0.05, 0) is 47.9 Å². The van der Waals surface area contributed by atoms with Crippen LogP contribution in [-0.2, 0) is 23.5 Å². The van der Waals surface area contributed by atoms with Crippen LogP contribution in [0.25, 0.3) is 5.69 Å². The SMILES string of the molecule is O=C(CCCc1nnc(SCc2cccc(F)c2)n1-c1cccc(Cl)c1)NCc1ccccc1. The topological polar surface area (TPSA) is 59.8 Å². The van der Waals surface area contributed by atoms with Crippen LogP contribution >= 0.6 is 23.4 Å². The molecule has 0 aliphatic rings. The predicted octanol–water partition coefficient (Wildman–Crippen LogP) is 5.99. The molecule has 0 aliphatic heterocycles. The van der Waals surface area contributed by atoms with Crippen LogP contribution in [-0.4, -0.2) is 20.7 Å². The number of aryl methyl sites for hydroxylation is 1. The molecule has 4 aromatic rings. The fourth-order valence-electron chi connectivity index (χ4n) is 3.50. The molecule has 1 amide bonds. The van der Waals surface area contributed by atoms with E-state index in [1.807, 2.05) is 65.2 Å².